The molecule has 1 aliphatic carbocycles. The number of hydrogen-bond acceptors (Lipinski definition) is 5. The lowest BCUT2D eigenvalue weighted by atomic mass is 10.3. The number of nitrogen functional groups attached to an aromatic ring is 1. The summed E-state index contributed by atoms with van der Waals surface area (Å²) in [5.74, 6) is 0.00533. The lowest BCUT2D eigenvalue weighted by Crippen LogP contribution is -2.12. The van der Waals surface area contributed by atoms with E-state index in [0.717, 1.165) is 21.8 Å². The highest BCUT2D eigenvalue weighted by Gasteiger charge is 2.24. The van der Waals surface area contributed by atoms with E-state index >= 15 is 0 Å². The molecular weight excluding hydrogens is 420 g/mol. The Morgan fingerprint density at radius 3 is 2.81 bits per heavy atom. The van der Waals surface area contributed by atoms with E-state index in [1.165, 1.54) is 11.3 Å². The second-order valence-electron chi connectivity index (χ2n) is 4.73. The summed E-state index contributed by atoms with van der Waals surface area (Å²) in [6, 6.07) is 6.02. The summed E-state index contributed by atoms with van der Waals surface area (Å²) in [6.45, 7) is 0. The van der Waals surface area contributed by atoms with Gasteiger partial charge in [-0.05, 0) is 47.0 Å². The predicted octanol–water partition coefficient (Wildman–Crippen LogP) is 4.08. The van der Waals surface area contributed by atoms with Gasteiger partial charge in [0.25, 0.3) is 5.91 Å². The van der Waals surface area contributed by atoms with Crippen molar-refractivity contribution in [2.45, 2.75) is 18.9 Å². The summed E-state index contributed by atoms with van der Waals surface area (Å²) in [6.07, 6.45) is 2.29. The van der Waals surface area contributed by atoms with Gasteiger partial charge in [0.1, 0.15) is 10.7 Å². The first kappa shape index (κ1) is 14.8. The Bertz CT molecular complexity index is 699. The molecular formula is C13H12Br2N4OS. The number of amides is 1. The molecule has 1 aromatic heterocycles. The fraction of sp³-hybridized carbons (Fsp3) is 0.231. The second-order valence-corrected chi connectivity index (χ2v) is 7.50. The zero-order chi connectivity index (χ0) is 15.0. The Morgan fingerprint density at radius 2 is 2.14 bits per heavy atom. The molecule has 0 spiro atoms. The predicted molar refractivity (Wildman–Crippen MR) is 93.0 cm³/mol. The summed E-state index contributed by atoms with van der Waals surface area (Å²) >= 11 is 8.06. The summed E-state index contributed by atoms with van der Waals surface area (Å²) in [5.41, 5.74) is 6.52. The molecule has 4 N–H and O–H groups in total. The van der Waals surface area contributed by atoms with Crippen LogP contribution in [0.3, 0.4) is 0 Å². The van der Waals surface area contributed by atoms with Gasteiger partial charge < -0.3 is 16.4 Å². The average Bonchev–Trinajstić information content (AvgIpc) is 3.15. The van der Waals surface area contributed by atoms with Gasteiger partial charge in [-0.1, -0.05) is 27.3 Å². The van der Waals surface area contributed by atoms with Crippen molar-refractivity contribution in [2.75, 3.05) is 16.4 Å². The van der Waals surface area contributed by atoms with E-state index in [9.17, 15) is 4.79 Å². The number of nitrogens with one attached hydrogen (secondary N) is 2. The molecule has 8 heteroatoms. The minimum absolute atomic E-state index is 0.253. The smallest absolute Gasteiger partial charge is 0.269 e. The highest BCUT2D eigenvalue weighted by molar-refractivity contribution is 9.11. The Balaban J connectivity index is 1.76. The second kappa shape index (κ2) is 5.94. The molecule has 1 fully saturated rings. The highest BCUT2D eigenvalue weighted by atomic mass is 79.9. The number of anilines is 3. The molecule has 1 aromatic carbocycles. The van der Waals surface area contributed by atoms with Gasteiger partial charge in [-0.15, -0.1) is 0 Å². The molecule has 0 unspecified atom stereocenters. The van der Waals surface area contributed by atoms with Gasteiger partial charge >= 0.3 is 0 Å². The number of nitrogens with two attached hydrogens (primary N) is 1. The third-order valence-corrected chi connectivity index (χ3v) is 5.09. The molecule has 0 radical (unpaired) electrons. The summed E-state index contributed by atoms with van der Waals surface area (Å²) in [5, 5.41) is 6.78. The molecule has 0 aliphatic heterocycles. The molecule has 1 aliphatic rings. The Hall–Kier alpha value is -1.12. The van der Waals surface area contributed by atoms with Crippen molar-refractivity contribution in [3.8, 4) is 0 Å². The summed E-state index contributed by atoms with van der Waals surface area (Å²) < 4.78 is 1.73. The number of carbonyl (C=O) groups excluding carboxylic acids is 1. The van der Waals surface area contributed by atoms with Crippen LogP contribution in [0.4, 0.5) is 16.6 Å². The molecule has 0 bridgehead atoms. The van der Waals surface area contributed by atoms with Gasteiger partial charge in [-0.25, -0.2) is 4.98 Å². The molecule has 1 heterocycles. The number of aromatic nitrogens is 1. The normalized spacial score (nSPS) is 14.0. The van der Waals surface area contributed by atoms with E-state index in [-0.39, 0.29) is 11.7 Å². The SMILES string of the molecule is Nc1nc(NC2CC2)sc1C(=O)Nc1ccc(Br)cc1Br. The number of carbonyl (C=O) groups is 1. The molecule has 21 heavy (non-hydrogen) atoms. The molecule has 1 saturated carbocycles. The number of benzene rings is 1. The number of nitrogens with zero attached hydrogens (tertiary/aromatic N) is 1. The average molecular weight is 432 g/mol. The van der Waals surface area contributed by atoms with Crippen LogP contribution in [0, 0.1) is 0 Å². The van der Waals surface area contributed by atoms with E-state index in [1.54, 1.807) is 0 Å². The molecule has 5 nitrogen and oxygen atoms in total. The monoisotopic (exact) mass is 430 g/mol. The van der Waals surface area contributed by atoms with E-state index in [0.29, 0.717) is 21.7 Å². The zero-order valence-corrected chi connectivity index (χ0v) is 14.8. The minimum atomic E-state index is -0.253. The minimum Gasteiger partial charge on any atom is -0.382 e. The Labute approximate surface area is 142 Å². The van der Waals surface area contributed by atoms with Gasteiger partial charge in [0, 0.05) is 15.0 Å². The number of thiazole rings is 1. The summed E-state index contributed by atoms with van der Waals surface area (Å²) in [7, 11) is 0. The fourth-order valence-electron chi connectivity index (χ4n) is 1.73. The van der Waals surface area contributed by atoms with Crippen molar-refractivity contribution in [3.05, 3.63) is 32.0 Å². The maximum absolute atomic E-state index is 12.3. The van der Waals surface area contributed by atoms with Crippen molar-refractivity contribution in [1.82, 2.24) is 4.98 Å². The lowest BCUT2D eigenvalue weighted by molar-refractivity contribution is 0.103. The third-order valence-electron chi connectivity index (χ3n) is 2.94. The first-order valence-electron chi connectivity index (χ1n) is 6.32. The van der Waals surface area contributed by atoms with Crippen molar-refractivity contribution in [1.29, 1.82) is 0 Å². The van der Waals surface area contributed by atoms with Gasteiger partial charge in [0.2, 0.25) is 0 Å². The van der Waals surface area contributed by atoms with Crippen LogP contribution in [0.25, 0.3) is 0 Å². The van der Waals surface area contributed by atoms with E-state index in [4.69, 9.17) is 5.73 Å². The molecule has 1 amide bonds. The number of rotatable bonds is 4. The van der Waals surface area contributed by atoms with Crippen LogP contribution < -0.4 is 16.4 Å². The van der Waals surface area contributed by atoms with Crippen LogP contribution in [0.2, 0.25) is 0 Å². The Morgan fingerprint density at radius 1 is 1.38 bits per heavy atom. The first-order chi connectivity index (χ1) is 10.0. The largest absolute Gasteiger partial charge is 0.382 e. The van der Waals surface area contributed by atoms with Crippen LogP contribution in [0.1, 0.15) is 22.5 Å². The molecule has 0 atom stereocenters. The van der Waals surface area contributed by atoms with Crippen molar-refractivity contribution in [3.63, 3.8) is 0 Å². The lowest BCUT2D eigenvalue weighted by Gasteiger charge is -2.06. The highest BCUT2D eigenvalue weighted by Crippen LogP contribution is 2.32. The van der Waals surface area contributed by atoms with Gasteiger partial charge in [0.15, 0.2) is 5.13 Å². The molecule has 2 aromatic rings. The van der Waals surface area contributed by atoms with Crippen molar-refractivity contribution >= 4 is 65.7 Å². The molecule has 0 saturated heterocycles. The fourth-order valence-corrected chi connectivity index (χ4v) is 3.73. The van der Waals surface area contributed by atoms with E-state index < -0.39 is 0 Å². The third kappa shape index (κ3) is 3.56. The zero-order valence-electron chi connectivity index (χ0n) is 10.8. The quantitative estimate of drug-likeness (QED) is 0.681. The number of hydrogen-bond donors (Lipinski definition) is 3. The molecule has 110 valence electrons. The topological polar surface area (TPSA) is 80.0 Å². The Kier molecular flexibility index (Phi) is 4.19. The van der Waals surface area contributed by atoms with Gasteiger partial charge in [-0.2, -0.15) is 0 Å². The van der Waals surface area contributed by atoms with Crippen LogP contribution in [-0.2, 0) is 0 Å². The van der Waals surface area contributed by atoms with Crippen molar-refractivity contribution in [2.24, 2.45) is 0 Å². The number of halogens is 2. The summed E-state index contributed by atoms with van der Waals surface area (Å²) in [4.78, 5) is 16.9. The van der Waals surface area contributed by atoms with Crippen LogP contribution in [0.5, 0.6) is 0 Å². The van der Waals surface area contributed by atoms with Crippen molar-refractivity contribution < 1.29 is 4.79 Å². The molecule has 3 rings (SSSR count). The standard InChI is InChI=1S/C13H12Br2N4OS/c14-6-1-4-9(8(15)5-6)18-12(20)10-11(16)19-13(21-10)17-7-2-3-7/h1,4-5,7H,2-3,16H2,(H,17,19)(H,18,20). The van der Waals surface area contributed by atoms with Crippen LogP contribution in [0.15, 0.2) is 27.1 Å². The maximum atomic E-state index is 12.3. The van der Waals surface area contributed by atoms with E-state index in [1.807, 2.05) is 18.2 Å². The van der Waals surface area contributed by atoms with E-state index in [2.05, 4.69) is 47.5 Å². The van der Waals surface area contributed by atoms with Crippen LogP contribution >= 0.6 is 43.2 Å². The van der Waals surface area contributed by atoms with Crippen LogP contribution in [-0.4, -0.2) is 16.9 Å². The van der Waals surface area contributed by atoms with Gasteiger partial charge in [-0.3, -0.25) is 4.79 Å². The first-order valence-corrected chi connectivity index (χ1v) is 8.72. The van der Waals surface area contributed by atoms with Gasteiger partial charge in [0.05, 0.1) is 5.69 Å². The maximum Gasteiger partial charge on any atom is 0.269 e.